The number of aromatic nitrogens is 3. The van der Waals surface area contributed by atoms with Crippen molar-refractivity contribution in [2.75, 3.05) is 0 Å². The molecule has 0 spiro atoms. The fraction of sp³-hybridized carbons (Fsp3) is 0.200. The van der Waals surface area contributed by atoms with Crippen molar-refractivity contribution in [3.05, 3.63) is 36.2 Å². The predicted octanol–water partition coefficient (Wildman–Crippen LogP) is 1.98. The normalized spacial score (nSPS) is 12.7. The number of benzene rings is 1. The van der Waals surface area contributed by atoms with Crippen LogP contribution in [0.5, 0.6) is 0 Å². The molecule has 1 atom stereocenters. The lowest BCUT2D eigenvalue weighted by molar-refractivity contribution is 0.817. The molecule has 2 aromatic rings. The number of aromatic amines is 1. The fourth-order valence-corrected chi connectivity index (χ4v) is 1.89. The van der Waals surface area contributed by atoms with E-state index < -0.39 is 0 Å². The van der Waals surface area contributed by atoms with Gasteiger partial charge in [0.05, 0.1) is 0 Å². The van der Waals surface area contributed by atoms with Crippen molar-refractivity contribution < 1.29 is 0 Å². The molecule has 0 saturated carbocycles. The van der Waals surface area contributed by atoms with Crippen LogP contribution in [0.25, 0.3) is 0 Å². The molecule has 78 valence electrons. The smallest absolute Gasteiger partial charge is 0.188 e. The number of nitrogens with zero attached hydrogens (tertiary/aromatic N) is 2. The van der Waals surface area contributed by atoms with Crippen LogP contribution in [0.1, 0.15) is 18.5 Å². The lowest BCUT2D eigenvalue weighted by Crippen LogP contribution is -2.04. The number of hydrogen-bond donors (Lipinski definition) is 2. The second-order valence-electron chi connectivity index (χ2n) is 3.25. The third-order valence-corrected chi connectivity index (χ3v) is 2.91. The van der Waals surface area contributed by atoms with Crippen LogP contribution in [-0.4, -0.2) is 15.2 Å². The van der Waals surface area contributed by atoms with Gasteiger partial charge in [0.2, 0.25) is 0 Å². The number of nitrogens with two attached hydrogens (primary N) is 1. The molecule has 3 N–H and O–H groups in total. The van der Waals surface area contributed by atoms with E-state index in [0.717, 1.165) is 15.6 Å². The van der Waals surface area contributed by atoms with Crippen LogP contribution in [0.15, 0.2) is 40.6 Å². The highest BCUT2D eigenvalue weighted by atomic mass is 32.2. The average Bonchev–Trinajstić information content (AvgIpc) is 2.71. The number of hydrogen-bond acceptors (Lipinski definition) is 4. The highest BCUT2D eigenvalue weighted by molar-refractivity contribution is 7.99. The topological polar surface area (TPSA) is 67.6 Å². The summed E-state index contributed by atoms with van der Waals surface area (Å²) in [5.41, 5.74) is 6.90. The van der Waals surface area contributed by atoms with E-state index in [9.17, 15) is 0 Å². The van der Waals surface area contributed by atoms with Crippen LogP contribution >= 0.6 is 11.8 Å². The molecule has 0 amide bonds. The molecule has 0 aliphatic rings. The Kier molecular flexibility index (Phi) is 3.03. The van der Waals surface area contributed by atoms with Gasteiger partial charge in [-0.25, -0.2) is 4.98 Å². The number of H-pyrrole nitrogens is 1. The van der Waals surface area contributed by atoms with Crippen molar-refractivity contribution in [3.8, 4) is 0 Å². The van der Waals surface area contributed by atoms with Crippen molar-refractivity contribution in [2.45, 2.75) is 23.0 Å². The first-order chi connectivity index (χ1) is 7.25. The number of nitrogens with one attached hydrogen (secondary N) is 1. The van der Waals surface area contributed by atoms with E-state index in [0.29, 0.717) is 0 Å². The second-order valence-corrected chi connectivity index (χ2v) is 4.31. The Morgan fingerprint density at radius 1 is 1.33 bits per heavy atom. The third kappa shape index (κ3) is 2.57. The minimum atomic E-state index is 0.0781. The quantitative estimate of drug-likeness (QED) is 0.830. The summed E-state index contributed by atoms with van der Waals surface area (Å²) in [5, 5.41) is 7.38. The Morgan fingerprint density at radius 3 is 2.60 bits per heavy atom. The van der Waals surface area contributed by atoms with Gasteiger partial charge in [-0.2, -0.15) is 5.10 Å². The van der Waals surface area contributed by atoms with Crippen molar-refractivity contribution in [1.29, 1.82) is 0 Å². The lowest BCUT2D eigenvalue weighted by atomic mass is 10.1. The van der Waals surface area contributed by atoms with Gasteiger partial charge in [-0.3, -0.25) is 5.10 Å². The monoisotopic (exact) mass is 220 g/mol. The average molecular weight is 220 g/mol. The molecular formula is C10H12N4S. The third-order valence-electron chi connectivity index (χ3n) is 2.01. The fourth-order valence-electron chi connectivity index (χ4n) is 1.19. The highest BCUT2D eigenvalue weighted by Gasteiger charge is 2.01. The van der Waals surface area contributed by atoms with E-state index in [1.165, 1.54) is 6.33 Å². The van der Waals surface area contributed by atoms with E-state index in [-0.39, 0.29) is 6.04 Å². The van der Waals surface area contributed by atoms with Crippen LogP contribution in [0.3, 0.4) is 0 Å². The van der Waals surface area contributed by atoms with Crippen molar-refractivity contribution in [2.24, 2.45) is 5.73 Å². The first kappa shape index (κ1) is 10.2. The van der Waals surface area contributed by atoms with Crippen molar-refractivity contribution in [3.63, 3.8) is 0 Å². The van der Waals surface area contributed by atoms with Gasteiger partial charge in [-0.1, -0.05) is 23.9 Å². The molecular weight excluding hydrogens is 208 g/mol. The molecule has 4 nitrogen and oxygen atoms in total. The van der Waals surface area contributed by atoms with Crippen LogP contribution in [0, 0.1) is 0 Å². The maximum atomic E-state index is 5.76. The summed E-state index contributed by atoms with van der Waals surface area (Å²) >= 11 is 1.54. The molecule has 0 saturated heterocycles. The van der Waals surface area contributed by atoms with E-state index in [2.05, 4.69) is 15.2 Å². The predicted molar refractivity (Wildman–Crippen MR) is 59.6 cm³/mol. The van der Waals surface area contributed by atoms with Gasteiger partial charge in [0.1, 0.15) is 6.33 Å². The molecule has 0 aliphatic carbocycles. The Labute approximate surface area is 92.3 Å². The minimum Gasteiger partial charge on any atom is -0.324 e. The summed E-state index contributed by atoms with van der Waals surface area (Å²) in [4.78, 5) is 5.16. The van der Waals surface area contributed by atoms with Crippen LogP contribution in [-0.2, 0) is 0 Å². The molecule has 0 bridgehead atoms. The molecule has 0 fully saturated rings. The van der Waals surface area contributed by atoms with Crippen LogP contribution in [0.2, 0.25) is 0 Å². The molecule has 2 rings (SSSR count). The zero-order chi connectivity index (χ0) is 10.7. The Bertz CT molecular complexity index is 407. The Balaban J connectivity index is 2.11. The minimum absolute atomic E-state index is 0.0781. The van der Waals surface area contributed by atoms with Gasteiger partial charge in [-0.05, 0) is 24.6 Å². The Hall–Kier alpha value is -1.33. The molecule has 5 heteroatoms. The standard InChI is InChI=1S/C10H12N4S/c1-7(11)8-2-4-9(5-3-8)15-10-12-6-13-14-10/h2-7H,11H2,1H3,(H,12,13,14). The molecule has 0 aliphatic heterocycles. The molecule has 1 unspecified atom stereocenters. The molecule has 1 aromatic carbocycles. The van der Waals surface area contributed by atoms with E-state index in [1.807, 2.05) is 31.2 Å². The maximum Gasteiger partial charge on any atom is 0.188 e. The number of rotatable bonds is 3. The second kappa shape index (κ2) is 4.46. The summed E-state index contributed by atoms with van der Waals surface area (Å²) in [6.07, 6.45) is 1.50. The summed E-state index contributed by atoms with van der Waals surface area (Å²) in [6, 6.07) is 8.21. The first-order valence-corrected chi connectivity index (χ1v) is 5.46. The SMILES string of the molecule is CC(N)c1ccc(Sc2ncn[nH]2)cc1. The summed E-state index contributed by atoms with van der Waals surface area (Å²) in [5.74, 6) is 0. The van der Waals surface area contributed by atoms with E-state index in [1.54, 1.807) is 11.8 Å². The van der Waals surface area contributed by atoms with Crippen molar-refractivity contribution >= 4 is 11.8 Å². The van der Waals surface area contributed by atoms with E-state index >= 15 is 0 Å². The van der Waals surface area contributed by atoms with Gasteiger partial charge in [0.15, 0.2) is 5.16 Å². The van der Waals surface area contributed by atoms with Gasteiger partial charge in [0.25, 0.3) is 0 Å². The highest BCUT2D eigenvalue weighted by Crippen LogP contribution is 2.24. The lowest BCUT2D eigenvalue weighted by Gasteiger charge is -2.05. The van der Waals surface area contributed by atoms with Crippen molar-refractivity contribution in [1.82, 2.24) is 15.2 Å². The van der Waals surface area contributed by atoms with Crippen LogP contribution < -0.4 is 5.73 Å². The largest absolute Gasteiger partial charge is 0.324 e. The zero-order valence-corrected chi connectivity index (χ0v) is 9.16. The molecule has 1 heterocycles. The molecule has 0 radical (unpaired) electrons. The van der Waals surface area contributed by atoms with Crippen LogP contribution in [0.4, 0.5) is 0 Å². The summed E-state index contributed by atoms with van der Waals surface area (Å²) in [6.45, 7) is 1.97. The van der Waals surface area contributed by atoms with Gasteiger partial charge in [0, 0.05) is 10.9 Å². The zero-order valence-electron chi connectivity index (χ0n) is 8.34. The maximum absolute atomic E-state index is 5.76. The molecule has 1 aromatic heterocycles. The van der Waals surface area contributed by atoms with E-state index in [4.69, 9.17) is 5.73 Å². The van der Waals surface area contributed by atoms with Gasteiger partial charge in [-0.15, -0.1) is 0 Å². The Morgan fingerprint density at radius 2 is 2.07 bits per heavy atom. The molecule has 15 heavy (non-hydrogen) atoms. The van der Waals surface area contributed by atoms with Gasteiger partial charge >= 0.3 is 0 Å². The summed E-state index contributed by atoms with van der Waals surface area (Å²) < 4.78 is 0. The first-order valence-electron chi connectivity index (χ1n) is 4.64. The van der Waals surface area contributed by atoms with Gasteiger partial charge < -0.3 is 5.73 Å². The summed E-state index contributed by atoms with van der Waals surface area (Å²) in [7, 11) is 0.